The molecule has 0 amide bonds. The van der Waals surface area contributed by atoms with Crippen LogP contribution in [-0.4, -0.2) is 18.8 Å². The molecule has 0 spiro atoms. The second kappa shape index (κ2) is 6.10. The number of hydrogen-bond acceptors (Lipinski definition) is 3. The highest BCUT2D eigenvalue weighted by atomic mass is 79.9. The molecule has 0 aliphatic heterocycles. The van der Waals surface area contributed by atoms with E-state index in [9.17, 15) is 5.11 Å². The van der Waals surface area contributed by atoms with Crippen molar-refractivity contribution in [1.82, 2.24) is 0 Å². The fourth-order valence-electron chi connectivity index (χ4n) is 1.41. The molecule has 1 rings (SSSR count). The molecule has 0 aromatic heterocycles. The predicted octanol–water partition coefficient (Wildman–Crippen LogP) is 2.19. The summed E-state index contributed by atoms with van der Waals surface area (Å²) in [5.74, 6) is 0.318. The van der Waals surface area contributed by atoms with Gasteiger partial charge in [-0.15, -0.1) is 0 Å². The Labute approximate surface area is 98.4 Å². The summed E-state index contributed by atoms with van der Waals surface area (Å²) in [5, 5.41) is 9.75. The Morgan fingerprint density at radius 2 is 2.13 bits per heavy atom. The molecular weight excluding hydrogens is 258 g/mol. The van der Waals surface area contributed by atoms with Gasteiger partial charge in [0.15, 0.2) is 0 Å². The van der Waals surface area contributed by atoms with Crippen molar-refractivity contribution in [2.45, 2.75) is 19.4 Å². The molecule has 15 heavy (non-hydrogen) atoms. The van der Waals surface area contributed by atoms with Crippen LogP contribution in [0.25, 0.3) is 0 Å². The number of aromatic hydroxyl groups is 1. The van der Waals surface area contributed by atoms with E-state index in [2.05, 4.69) is 15.9 Å². The molecule has 1 aromatic rings. The molecule has 3 N–H and O–H groups in total. The van der Waals surface area contributed by atoms with Gasteiger partial charge in [-0.05, 0) is 42.6 Å². The summed E-state index contributed by atoms with van der Waals surface area (Å²) in [6.45, 7) is 1.13. The molecule has 0 aliphatic rings. The molecule has 0 radical (unpaired) electrons. The molecule has 0 saturated carbocycles. The molecule has 0 saturated heterocycles. The molecule has 0 bridgehead atoms. The lowest BCUT2D eigenvalue weighted by molar-refractivity contribution is 0.184. The van der Waals surface area contributed by atoms with Crippen LogP contribution in [0, 0.1) is 0 Å². The number of halogens is 1. The van der Waals surface area contributed by atoms with E-state index < -0.39 is 0 Å². The highest BCUT2D eigenvalue weighted by molar-refractivity contribution is 9.10. The van der Waals surface area contributed by atoms with Crippen molar-refractivity contribution >= 4 is 15.9 Å². The van der Waals surface area contributed by atoms with Crippen LogP contribution in [0.2, 0.25) is 0 Å². The molecule has 1 aromatic carbocycles. The Kier molecular flexibility index (Phi) is 5.08. The standard InChI is InChI=1S/C11H16BrNO2/c1-15-7-9-6-11(14)8(3-2-4-13)5-10(9)12/h5-6,14H,2-4,7,13H2,1H3. The van der Waals surface area contributed by atoms with E-state index in [1.54, 1.807) is 13.2 Å². The number of phenols is 1. The molecule has 3 nitrogen and oxygen atoms in total. The van der Waals surface area contributed by atoms with Crippen molar-refractivity contribution < 1.29 is 9.84 Å². The van der Waals surface area contributed by atoms with Crippen LogP contribution in [0.4, 0.5) is 0 Å². The average Bonchev–Trinajstić information content (AvgIpc) is 2.21. The number of rotatable bonds is 5. The highest BCUT2D eigenvalue weighted by Gasteiger charge is 2.07. The Morgan fingerprint density at radius 1 is 1.40 bits per heavy atom. The van der Waals surface area contributed by atoms with Gasteiger partial charge in [0.25, 0.3) is 0 Å². The SMILES string of the molecule is COCc1cc(O)c(CCCN)cc1Br. The van der Waals surface area contributed by atoms with Crippen LogP contribution in [0.3, 0.4) is 0 Å². The molecule has 0 atom stereocenters. The maximum atomic E-state index is 9.75. The Morgan fingerprint density at radius 3 is 2.73 bits per heavy atom. The minimum absolute atomic E-state index is 0.318. The lowest BCUT2D eigenvalue weighted by atomic mass is 10.1. The molecule has 0 aliphatic carbocycles. The first-order chi connectivity index (χ1) is 7.19. The van der Waals surface area contributed by atoms with Gasteiger partial charge in [-0.1, -0.05) is 15.9 Å². The van der Waals surface area contributed by atoms with Gasteiger partial charge >= 0.3 is 0 Å². The van der Waals surface area contributed by atoms with Gasteiger partial charge in [0, 0.05) is 11.6 Å². The lowest BCUT2D eigenvalue weighted by Crippen LogP contribution is -2.01. The molecule has 0 heterocycles. The van der Waals surface area contributed by atoms with Gasteiger partial charge in [-0.3, -0.25) is 0 Å². The number of nitrogens with two attached hydrogens (primary N) is 1. The van der Waals surface area contributed by atoms with Crippen molar-refractivity contribution in [2.24, 2.45) is 5.73 Å². The number of methoxy groups -OCH3 is 1. The molecule has 0 unspecified atom stereocenters. The maximum Gasteiger partial charge on any atom is 0.119 e. The summed E-state index contributed by atoms with van der Waals surface area (Å²) in [7, 11) is 1.63. The van der Waals surface area contributed by atoms with Crippen LogP contribution in [0.15, 0.2) is 16.6 Å². The van der Waals surface area contributed by atoms with Gasteiger partial charge in [0.2, 0.25) is 0 Å². The first-order valence-electron chi connectivity index (χ1n) is 4.88. The van der Waals surface area contributed by atoms with E-state index in [0.29, 0.717) is 18.9 Å². The largest absolute Gasteiger partial charge is 0.508 e. The van der Waals surface area contributed by atoms with Gasteiger partial charge in [-0.25, -0.2) is 0 Å². The topological polar surface area (TPSA) is 55.5 Å². The van der Waals surface area contributed by atoms with Crippen LogP contribution >= 0.6 is 15.9 Å². The first-order valence-corrected chi connectivity index (χ1v) is 5.67. The first kappa shape index (κ1) is 12.5. The maximum absolute atomic E-state index is 9.75. The zero-order valence-electron chi connectivity index (χ0n) is 8.79. The second-order valence-electron chi connectivity index (χ2n) is 3.40. The van der Waals surface area contributed by atoms with Crippen LogP contribution in [0.1, 0.15) is 17.5 Å². The van der Waals surface area contributed by atoms with Gasteiger partial charge in [0.05, 0.1) is 6.61 Å². The van der Waals surface area contributed by atoms with Crippen molar-refractivity contribution in [3.8, 4) is 5.75 Å². The van der Waals surface area contributed by atoms with E-state index in [-0.39, 0.29) is 0 Å². The zero-order valence-corrected chi connectivity index (χ0v) is 10.4. The fourth-order valence-corrected chi connectivity index (χ4v) is 1.91. The van der Waals surface area contributed by atoms with E-state index >= 15 is 0 Å². The highest BCUT2D eigenvalue weighted by Crippen LogP contribution is 2.27. The third-order valence-corrected chi connectivity index (χ3v) is 2.94. The Bertz CT molecular complexity index is 329. The van der Waals surface area contributed by atoms with Crippen molar-refractivity contribution in [3.63, 3.8) is 0 Å². The van der Waals surface area contributed by atoms with Crippen molar-refractivity contribution in [3.05, 3.63) is 27.7 Å². The van der Waals surface area contributed by atoms with Gasteiger partial charge in [-0.2, -0.15) is 0 Å². The third-order valence-electron chi connectivity index (χ3n) is 2.20. The minimum Gasteiger partial charge on any atom is -0.508 e. The average molecular weight is 274 g/mol. The number of benzene rings is 1. The van der Waals surface area contributed by atoms with E-state index in [4.69, 9.17) is 10.5 Å². The van der Waals surface area contributed by atoms with E-state index in [0.717, 1.165) is 28.4 Å². The summed E-state index contributed by atoms with van der Waals surface area (Å²) in [5.41, 5.74) is 7.30. The van der Waals surface area contributed by atoms with E-state index in [1.807, 2.05) is 6.07 Å². The summed E-state index contributed by atoms with van der Waals surface area (Å²) in [4.78, 5) is 0. The number of hydrogen-bond donors (Lipinski definition) is 2. The number of phenolic OH excluding ortho intramolecular Hbond substituents is 1. The summed E-state index contributed by atoms with van der Waals surface area (Å²) >= 11 is 3.45. The smallest absolute Gasteiger partial charge is 0.119 e. The van der Waals surface area contributed by atoms with Gasteiger partial charge < -0.3 is 15.6 Å². The Balaban J connectivity index is 2.87. The molecule has 4 heteroatoms. The van der Waals surface area contributed by atoms with Crippen LogP contribution in [-0.2, 0) is 17.8 Å². The zero-order chi connectivity index (χ0) is 11.3. The third kappa shape index (κ3) is 3.48. The summed E-state index contributed by atoms with van der Waals surface area (Å²) in [6, 6.07) is 3.67. The Hall–Kier alpha value is -0.580. The lowest BCUT2D eigenvalue weighted by Gasteiger charge is -2.09. The van der Waals surface area contributed by atoms with Crippen molar-refractivity contribution in [2.75, 3.05) is 13.7 Å². The summed E-state index contributed by atoms with van der Waals surface area (Å²) < 4.78 is 5.99. The normalized spacial score (nSPS) is 10.6. The second-order valence-corrected chi connectivity index (χ2v) is 4.25. The predicted molar refractivity (Wildman–Crippen MR) is 63.9 cm³/mol. The number of ether oxygens (including phenoxy) is 1. The minimum atomic E-state index is 0.318. The van der Waals surface area contributed by atoms with Crippen molar-refractivity contribution in [1.29, 1.82) is 0 Å². The summed E-state index contributed by atoms with van der Waals surface area (Å²) in [6.07, 6.45) is 1.68. The van der Waals surface area contributed by atoms with E-state index in [1.165, 1.54) is 0 Å². The van der Waals surface area contributed by atoms with Crippen LogP contribution in [0.5, 0.6) is 5.75 Å². The molecule has 0 fully saturated rings. The monoisotopic (exact) mass is 273 g/mol. The quantitative estimate of drug-likeness (QED) is 0.865. The van der Waals surface area contributed by atoms with Gasteiger partial charge in [0.1, 0.15) is 5.75 Å². The number of aryl methyl sites for hydroxylation is 1. The van der Waals surface area contributed by atoms with Crippen LogP contribution < -0.4 is 5.73 Å². The molecular formula is C11H16BrNO2. The fraction of sp³-hybridized carbons (Fsp3) is 0.455. The molecule has 84 valence electrons.